The minimum absolute atomic E-state index is 0.118. The van der Waals surface area contributed by atoms with Gasteiger partial charge in [-0.25, -0.2) is 17.5 Å². The van der Waals surface area contributed by atoms with Crippen LogP contribution in [0.4, 0.5) is 4.39 Å². The van der Waals surface area contributed by atoms with Crippen molar-refractivity contribution in [2.75, 3.05) is 20.2 Å². The van der Waals surface area contributed by atoms with Crippen molar-refractivity contribution in [2.45, 2.75) is 37.6 Å². The standard InChI is InChI=1S/C21H25FN2O4S/c1-14-12-19(28-3)20(13-15(14)2)29(26,27)23-18-8-10-24(11-9-18)21(25)16-4-6-17(22)7-5-16/h4-7,12-13,18,23H,8-11H2,1-3H3. The highest BCUT2D eigenvalue weighted by Crippen LogP contribution is 2.28. The molecular weight excluding hydrogens is 395 g/mol. The number of methoxy groups -OCH3 is 1. The smallest absolute Gasteiger partial charge is 0.253 e. The minimum atomic E-state index is -3.76. The van der Waals surface area contributed by atoms with Gasteiger partial charge in [-0.3, -0.25) is 4.79 Å². The van der Waals surface area contributed by atoms with Crippen LogP contribution in [0.1, 0.15) is 34.3 Å². The lowest BCUT2D eigenvalue weighted by molar-refractivity contribution is 0.0711. The van der Waals surface area contributed by atoms with Crippen molar-refractivity contribution in [3.05, 3.63) is 58.9 Å². The van der Waals surface area contributed by atoms with Gasteiger partial charge in [-0.15, -0.1) is 0 Å². The van der Waals surface area contributed by atoms with Crippen molar-refractivity contribution >= 4 is 15.9 Å². The van der Waals surface area contributed by atoms with E-state index in [4.69, 9.17) is 4.74 Å². The highest BCUT2D eigenvalue weighted by Gasteiger charge is 2.29. The van der Waals surface area contributed by atoms with Gasteiger partial charge < -0.3 is 9.64 Å². The van der Waals surface area contributed by atoms with Crippen LogP contribution in [0.2, 0.25) is 0 Å². The van der Waals surface area contributed by atoms with E-state index in [1.807, 2.05) is 13.8 Å². The Morgan fingerprint density at radius 2 is 1.69 bits per heavy atom. The maximum Gasteiger partial charge on any atom is 0.253 e. The molecule has 0 aromatic heterocycles. The number of nitrogens with zero attached hydrogens (tertiary/aromatic N) is 1. The second-order valence-corrected chi connectivity index (χ2v) is 8.96. The predicted octanol–water partition coefficient (Wildman–Crippen LogP) is 3.03. The zero-order chi connectivity index (χ0) is 21.2. The molecule has 1 fully saturated rings. The molecule has 0 saturated carbocycles. The zero-order valence-electron chi connectivity index (χ0n) is 16.7. The molecule has 3 rings (SSSR count). The first-order valence-electron chi connectivity index (χ1n) is 9.43. The van der Waals surface area contributed by atoms with Gasteiger partial charge in [0, 0.05) is 24.7 Å². The summed E-state index contributed by atoms with van der Waals surface area (Å²) in [5.41, 5.74) is 2.24. The molecule has 29 heavy (non-hydrogen) atoms. The van der Waals surface area contributed by atoms with E-state index in [1.54, 1.807) is 17.0 Å². The third-order valence-electron chi connectivity index (χ3n) is 5.26. The van der Waals surface area contributed by atoms with Crippen LogP contribution in [-0.2, 0) is 10.0 Å². The summed E-state index contributed by atoms with van der Waals surface area (Å²) in [4.78, 5) is 14.3. The number of nitrogens with one attached hydrogen (secondary N) is 1. The van der Waals surface area contributed by atoms with Crippen LogP contribution >= 0.6 is 0 Å². The molecule has 1 aliphatic heterocycles. The third kappa shape index (κ3) is 4.76. The van der Waals surface area contributed by atoms with Crippen LogP contribution in [-0.4, -0.2) is 45.5 Å². The van der Waals surface area contributed by atoms with Crippen LogP contribution in [0, 0.1) is 19.7 Å². The van der Waals surface area contributed by atoms with Crippen LogP contribution in [0.3, 0.4) is 0 Å². The number of carbonyl (C=O) groups is 1. The molecule has 8 heteroatoms. The summed E-state index contributed by atoms with van der Waals surface area (Å²) >= 11 is 0. The van der Waals surface area contributed by atoms with Gasteiger partial charge in [0.15, 0.2) is 0 Å². The number of rotatable bonds is 5. The molecule has 2 aromatic rings. The van der Waals surface area contributed by atoms with Crippen molar-refractivity contribution in [3.8, 4) is 5.75 Å². The number of hydrogen-bond donors (Lipinski definition) is 1. The number of aryl methyl sites for hydroxylation is 2. The zero-order valence-corrected chi connectivity index (χ0v) is 17.6. The lowest BCUT2D eigenvalue weighted by Gasteiger charge is -2.32. The Morgan fingerprint density at radius 3 is 2.28 bits per heavy atom. The molecular formula is C21H25FN2O4S. The molecule has 0 aliphatic carbocycles. The van der Waals surface area contributed by atoms with Crippen LogP contribution in [0.5, 0.6) is 5.75 Å². The average Bonchev–Trinajstić information content (AvgIpc) is 2.70. The highest BCUT2D eigenvalue weighted by atomic mass is 32.2. The molecule has 156 valence electrons. The van der Waals surface area contributed by atoms with Crippen molar-refractivity contribution in [1.29, 1.82) is 0 Å². The summed E-state index contributed by atoms with van der Waals surface area (Å²) in [5, 5.41) is 0. The average molecular weight is 421 g/mol. The summed E-state index contributed by atoms with van der Waals surface area (Å²) in [6.45, 7) is 4.60. The highest BCUT2D eigenvalue weighted by molar-refractivity contribution is 7.89. The molecule has 0 unspecified atom stereocenters. The summed E-state index contributed by atoms with van der Waals surface area (Å²) in [6, 6.07) is 8.48. The quantitative estimate of drug-likeness (QED) is 0.807. The molecule has 1 heterocycles. The maximum atomic E-state index is 13.0. The normalized spacial score (nSPS) is 15.4. The minimum Gasteiger partial charge on any atom is -0.495 e. The predicted molar refractivity (Wildman–Crippen MR) is 108 cm³/mol. The fourth-order valence-electron chi connectivity index (χ4n) is 3.39. The Labute approximate surface area is 170 Å². The lowest BCUT2D eigenvalue weighted by atomic mass is 10.0. The van der Waals surface area contributed by atoms with Crippen LogP contribution < -0.4 is 9.46 Å². The van der Waals surface area contributed by atoms with Crippen molar-refractivity contribution < 1.29 is 22.3 Å². The molecule has 1 aliphatic rings. The number of ether oxygens (including phenoxy) is 1. The molecule has 0 atom stereocenters. The topological polar surface area (TPSA) is 75.7 Å². The first-order chi connectivity index (χ1) is 13.7. The molecule has 0 radical (unpaired) electrons. The molecule has 1 N–H and O–H groups in total. The Hall–Kier alpha value is -2.45. The number of sulfonamides is 1. The Bertz CT molecular complexity index is 998. The molecule has 0 spiro atoms. The molecule has 6 nitrogen and oxygen atoms in total. The van der Waals surface area contributed by atoms with E-state index in [0.29, 0.717) is 37.2 Å². The second kappa shape index (κ2) is 8.51. The van der Waals surface area contributed by atoms with Crippen LogP contribution in [0.15, 0.2) is 41.3 Å². The fourth-order valence-corrected chi connectivity index (χ4v) is 4.93. The van der Waals surface area contributed by atoms with Crippen LogP contribution in [0.25, 0.3) is 0 Å². The Kier molecular flexibility index (Phi) is 6.24. The van der Waals surface area contributed by atoms with Crippen molar-refractivity contribution in [2.24, 2.45) is 0 Å². The summed E-state index contributed by atoms with van der Waals surface area (Å²) in [5.74, 6) is -0.261. The largest absolute Gasteiger partial charge is 0.495 e. The maximum absolute atomic E-state index is 13.0. The summed E-state index contributed by atoms with van der Waals surface area (Å²) < 4.78 is 46.9. The third-order valence-corrected chi connectivity index (χ3v) is 6.81. The first-order valence-corrected chi connectivity index (χ1v) is 10.9. The molecule has 0 bridgehead atoms. The van der Waals surface area contributed by atoms with Gasteiger partial charge >= 0.3 is 0 Å². The van der Waals surface area contributed by atoms with Gasteiger partial charge in [0.25, 0.3) is 5.91 Å². The number of amides is 1. The van der Waals surface area contributed by atoms with Gasteiger partial charge in [0.2, 0.25) is 10.0 Å². The van der Waals surface area contributed by atoms with Crippen molar-refractivity contribution in [3.63, 3.8) is 0 Å². The summed E-state index contributed by atoms with van der Waals surface area (Å²) in [7, 11) is -2.31. The van der Waals surface area contributed by atoms with E-state index in [9.17, 15) is 17.6 Å². The van der Waals surface area contributed by atoms with E-state index in [0.717, 1.165) is 11.1 Å². The van der Waals surface area contributed by atoms with Gasteiger partial charge in [-0.05, 0) is 74.2 Å². The van der Waals surface area contributed by atoms with Gasteiger partial charge in [0.1, 0.15) is 16.5 Å². The van der Waals surface area contributed by atoms with E-state index in [-0.39, 0.29) is 16.8 Å². The number of piperidine rings is 1. The lowest BCUT2D eigenvalue weighted by Crippen LogP contribution is -2.46. The number of benzene rings is 2. The Balaban J connectivity index is 1.66. The molecule has 2 aromatic carbocycles. The number of halogens is 1. The van der Waals surface area contributed by atoms with Gasteiger partial charge in [-0.2, -0.15) is 0 Å². The Morgan fingerprint density at radius 1 is 1.10 bits per heavy atom. The van der Waals surface area contributed by atoms with Crippen molar-refractivity contribution in [1.82, 2.24) is 9.62 Å². The number of hydrogen-bond acceptors (Lipinski definition) is 4. The van der Waals surface area contributed by atoms with E-state index in [1.165, 1.54) is 31.4 Å². The summed E-state index contributed by atoms with van der Waals surface area (Å²) in [6.07, 6.45) is 0.999. The van der Waals surface area contributed by atoms with E-state index < -0.39 is 15.8 Å². The fraction of sp³-hybridized carbons (Fsp3) is 0.381. The van der Waals surface area contributed by atoms with E-state index in [2.05, 4.69) is 4.72 Å². The first kappa shape index (κ1) is 21.3. The van der Waals surface area contributed by atoms with Gasteiger partial charge in [0.05, 0.1) is 7.11 Å². The molecule has 1 amide bonds. The number of carbonyl (C=O) groups excluding carboxylic acids is 1. The monoisotopic (exact) mass is 420 g/mol. The second-order valence-electron chi connectivity index (χ2n) is 7.28. The van der Waals surface area contributed by atoms with E-state index >= 15 is 0 Å². The number of likely N-dealkylation sites (tertiary alicyclic amines) is 1. The molecule has 1 saturated heterocycles. The SMILES string of the molecule is COc1cc(C)c(C)cc1S(=O)(=O)NC1CCN(C(=O)c2ccc(F)cc2)CC1. The van der Waals surface area contributed by atoms with Gasteiger partial charge in [-0.1, -0.05) is 0 Å².